The van der Waals surface area contributed by atoms with Gasteiger partial charge in [0.05, 0.1) is 29.3 Å². The Morgan fingerprint density at radius 2 is 1.56 bits per heavy atom. The van der Waals surface area contributed by atoms with Gasteiger partial charge in [0.25, 0.3) is 0 Å². The normalized spacial score (nSPS) is 16.9. The molecule has 6 rings (SSSR count). The maximum absolute atomic E-state index is 13.3. The number of amides is 1. The largest absolute Gasteiger partial charge is 0.497 e. The van der Waals surface area contributed by atoms with E-state index in [2.05, 4.69) is 81.4 Å². The number of anilines is 1. The summed E-state index contributed by atoms with van der Waals surface area (Å²) in [5.41, 5.74) is 3.55. The number of aromatic nitrogens is 1. The number of nitrogens with zero attached hydrogens (tertiary/aromatic N) is 4. The van der Waals surface area contributed by atoms with Crippen molar-refractivity contribution in [3.63, 3.8) is 0 Å². The Morgan fingerprint density at radius 3 is 2.17 bits per heavy atom. The first-order chi connectivity index (χ1) is 17.7. The third-order valence-corrected chi connectivity index (χ3v) is 8.40. The molecule has 3 aromatic carbocycles. The number of hydrogen-bond donors (Lipinski definition) is 0. The van der Waals surface area contributed by atoms with Crippen LogP contribution in [0.1, 0.15) is 17.2 Å². The highest BCUT2D eigenvalue weighted by Gasteiger charge is 2.38. The van der Waals surface area contributed by atoms with E-state index in [4.69, 9.17) is 9.72 Å². The number of thiazole rings is 1. The Balaban J connectivity index is 1.08. The van der Waals surface area contributed by atoms with Gasteiger partial charge >= 0.3 is 0 Å². The molecule has 0 saturated carbocycles. The highest BCUT2D eigenvalue weighted by atomic mass is 32.1. The van der Waals surface area contributed by atoms with Gasteiger partial charge in [-0.15, -0.1) is 0 Å². The number of carbonyl (C=O) groups is 1. The molecule has 2 saturated heterocycles. The number of carbonyl (C=O) groups excluding carboxylic acids is 1. The summed E-state index contributed by atoms with van der Waals surface area (Å²) in [5, 5.41) is 0.987. The van der Waals surface area contributed by atoms with Gasteiger partial charge in [-0.3, -0.25) is 9.69 Å². The Labute approximate surface area is 215 Å². The maximum atomic E-state index is 13.3. The van der Waals surface area contributed by atoms with E-state index < -0.39 is 0 Å². The van der Waals surface area contributed by atoms with Crippen LogP contribution < -0.4 is 9.64 Å². The molecule has 6 nitrogen and oxygen atoms in total. The van der Waals surface area contributed by atoms with Gasteiger partial charge in [-0.05, 0) is 23.3 Å². The zero-order chi connectivity index (χ0) is 24.5. The van der Waals surface area contributed by atoms with Gasteiger partial charge in [-0.25, -0.2) is 4.98 Å². The molecule has 0 atom stereocenters. The van der Waals surface area contributed by atoms with Crippen LogP contribution in [-0.2, 0) is 4.79 Å². The second kappa shape index (κ2) is 9.91. The van der Waals surface area contributed by atoms with Gasteiger partial charge in [-0.1, -0.05) is 72.0 Å². The molecule has 36 heavy (non-hydrogen) atoms. The molecule has 0 bridgehead atoms. The summed E-state index contributed by atoms with van der Waals surface area (Å²) >= 11 is 1.68. The zero-order valence-electron chi connectivity index (χ0n) is 20.4. The van der Waals surface area contributed by atoms with E-state index >= 15 is 0 Å². The highest BCUT2D eigenvalue weighted by Crippen LogP contribution is 2.35. The van der Waals surface area contributed by atoms with E-state index in [0.29, 0.717) is 0 Å². The summed E-state index contributed by atoms with van der Waals surface area (Å²) in [6.07, 6.45) is 0. The number of fused-ring (bicyclic) bond motifs is 1. The summed E-state index contributed by atoms with van der Waals surface area (Å²) in [4.78, 5) is 24.8. The Bertz CT molecular complexity index is 1290. The van der Waals surface area contributed by atoms with Crippen molar-refractivity contribution in [2.24, 2.45) is 5.92 Å². The SMILES string of the molecule is COc1ccc2sc(N3CC(C(=O)N4CCN(C(c5ccccc5)c5ccccc5)CC4)C3)nc2c1. The molecule has 3 heterocycles. The number of rotatable bonds is 6. The van der Waals surface area contributed by atoms with Crippen LogP contribution in [0.4, 0.5) is 5.13 Å². The van der Waals surface area contributed by atoms with E-state index in [1.807, 2.05) is 12.1 Å². The maximum Gasteiger partial charge on any atom is 0.229 e. The third kappa shape index (κ3) is 4.45. The third-order valence-electron chi connectivity index (χ3n) is 7.31. The molecule has 2 fully saturated rings. The van der Waals surface area contributed by atoms with Gasteiger partial charge in [-0.2, -0.15) is 0 Å². The number of hydrogen-bond acceptors (Lipinski definition) is 6. The fourth-order valence-electron chi connectivity index (χ4n) is 5.29. The van der Waals surface area contributed by atoms with Crippen LogP contribution in [0.5, 0.6) is 5.75 Å². The molecule has 0 unspecified atom stereocenters. The molecule has 4 aromatic rings. The molecule has 2 aliphatic heterocycles. The lowest BCUT2D eigenvalue weighted by atomic mass is 9.95. The van der Waals surface area contributed by atoms with E-state index in [9.17, 15) is 4.79 Å². The van der Waals surface area contributed by atoms with Gasteiger partial charge in [0.1, 0.15) is 5.75 Å². The minimum absolute atomic E-state index is 0.0529. The van der Waals surface area contributed by atoms with Crippen molar-refractivity contribution in [2.45, 2.75) is 6.04 Å². The molecule has 0 radical (unpaired) electrons. The predicted octanol–water partition coefficient (Wildman–Crippen LogP) is 4.67. The molecule has 1 aromatic heterocycles. The van der Waals surface area contributed by atoms with Crippen molar-refractivity contribution in [3.05, 3.63) is 90.0 Å². The average Bonchev–Trinajstić information content (AvgIpc) is 3.32. The van der Waals surface area contributed by atoms with Crippen LogP contribution in [0, 0.1) is 5.92 Å². The highest BCUT2D eigenvalue weighted by molar-refractivity contribution is 7.22. The topological polar surface area (TPSA) is 48.9 Å². The van der Waals surface area contributed by atoms with E-state index in [-0.39, 0.29) is 17.9 Å². The minimum Gasteiger partial charge on any atom is -0.497 e. The van der Waals surface area contributed by atoms with Crippen molar-refractivity contribution < 1.29 is 9.53 Å². The molecule has 0 aliphatic carbocycles. The summed E-state index contributed by atoms with van der Waals surface area (Å²) in [6.45, 7) is 4.77. The Morgan fingerprint density at radius 1 is 0.917 bits per heavy atom. The molecule has 2 aliphatic rings. The van der Waals surface area contributed by atoms with E-state index in [1.54, 1.807) is 18.4 Å². The summed E-state index contributed by atoms with van der Waals surface area (Å²) in [7, 11) is 1.67. The lowest BCUT2D eigenvalue weighted by Crippen LogP contribution is -2.58. The van der Waals surface area contributed by atoms with Gasteiger partial charge in [0.15, 0.2) is 5.13 Å². The van der Waals surface area contributed by atoms with Crippen LogP contribution in [0.3, 0.4) is 0 Å². The van der Waals surface area contributed by atoms with Crippen LogP contribution in [-0.4, -0.2) is 67.1 Å². The molecule has 184 valence electrons. The van der Waals surface area contributed by atoms with Crippen molar-refractivity contribution in [1.82, 2.24) is 14.8 Å². The fraction of sp³-hybridized carbons (Fsp3) is 0.310. The summed E-state index contributed by atoms with van der Waals surface area (Å²) < 4.78 is 6.46. The quantitative estimate of drug-likeness (QED) is 0.387. The average molecular weight is 499 g/mol. The Kier molecular flexibility index (Phi) is 6.34. The monoisotopic (exact) mass is 498 g/mol. The van der Waals surface area contributed by atoms with Crippen LogP contribution in [0.25, 0.3) is 10.2 Å². The first-order valence-electron chi connectivity index (χ1n) is 12.5. The van der Waals surface area contributed by atoms with Crippen LogP contribution in [0.2, 0.25) is 0 Å². The predicted molar refractivity (Wildman–Crippen MR) is 145 cm³/mol. The lowest BCUT2D eigenvalue weighted by molar-refractivity contribution is -0.138. The van der Waals surface area contributed by atoms with E-state index in [0.717, 1.165) is 60.4 Å². The molecule has 0 spiro atoms. The number of ether oxygens (including phenoxy) is 1. The first-order valence-corrected chi connectivity index (χ1v) is 13.3. The first kappa shape index (κ1) is 23.0. The van der Waals surface area contributed by atoms with Crippen molar-refractivity contribution in [2.75, 3.05) is 51.3 Å². The fourth-order valence-corrected chi connectivity index (χ4v) is 6.26. The van der Waals surface area contributed by atoms with Crippen molar-refractivity contribution in [1.29, 1.82) is 0 Å². The Hall–Kier alpha value is -3.42. The van der Waals surface area contributed by atoms with E-state index in [1.165, 1.54) is 11.1 Å². The van der Waals surface area contributed by atoms with Crippen molar-refractivity contribution in [3.8, 4) is 5.75 Å². The second-order valence-corrected chi connectivity index (χ2v) is 10.5. The summed E-state index contributed by atoms with van der Waals surface area (Å²) in [6, 6.07) is 27.6. The van der Waals surface area contributed by atoms with Crippen LogP contribution in [0.15, 0.2) is 78.9 Å². The number of methoxy groups -OCH3 is 1. The van der Waals surface area contributed by atoms with Gasteiger partial charge in [0.2, 0.25) is 5.91 Å². The summed E-state index contributed by atoms with van der Waals surface area (Å²) in [5.74, 6) is 1.15. The second-order valence-electron chi connectivity index (χ2n) is 9.52. The lowest BCUT2D eigenvalue weighted by Gasteiger charge is -2.44. The molecular weight excluding hydrogens is 468 g/mol. The standard InChI is InChI=1S/C29H30N4O2S/c1-35-24-12-13-26-25(18-24)30-29(36-26)33-19-23(20-33)28(34)32-16-14-31(15-17-32)27(21-8-4-2-5-9-21)22-10-6-3-7-11-22/h2-13,18,23,27H,14-17,19-20H2,1H3. The molecule has 1 amide bonds. The smallest absolute Gasteiger partial charge is 0.229 e. The van der Waals surface area contributed by atoms with Crippen molar-refractivity contribution >= 4 is 32.6 Å². The zero-order valence-corrected chi connectivity index (χ0v) is 21.2. The number of piperazine rings is 1. The van der Waals surface area contributed by atoms with Gasteiger partial charge < -0.3 is 14.5 Å². The molecule has 0 N–H and O–H groups in total. The molecule has 7 heteroatoms. The number of benzene rings is 3. The minimum atomic E-state index is 0.0529. The molecular formula is C29H30N4O2S. The van der Waals surface area contributed by atoms with Gasteiger partial charge in [0, 0.05) is 45.3 Å². The van der Waals surface area contributed by atoms with Crippen LogP contribution >= 0.6 is 11.3 Å².